The van der Waals surface area contributed by atoms with E-state index in [4.69, 9.17) is 11.6 Å². The van der Waals surface area contributed by atoms with Crippen LogP contribution in [0.4, 0.5) is 0 Å². The fraction of sp³-hybridized carbons (Fsp3) is 0.115. The van der Waals surface area contributed by atoms with Gasteiger partial charge in [-0.2, -0.15) is 0 Å². The number of aromatic nitrogens is 4. The second-order valence-electron chi connectivity index (χ2n) is 8.29. The van der Waals surface area contributed by atoms with Crippen molar-refractivity contribution in [3.8, 4) is 16.8 Å². The third kappa shape index (κ3) is 4.15. The van der Waals surface area contributed by atoms with E-state index in [1.165, 1.54) is 15.2 Å². The van der Waals surface area contributed by atoms with Crippen LogP contribution in [0.1, 0.15) is 16.7 Å². The number of hydrogen-bond donors (Lipinski definition) is 0. The molecular formula is C26H21ClN4O3S. The van der Waals surface area contributed by atoms with E-state index in [1.807, 2.05) is 56.3 Å². The van der Waals surface area contributed by atoms with Crippen molar-refractivity contribution in [3.63, 3.8) is 0 Å². The number of sulfone groups is 1. The highest BCUT2D eigenvalue weighted by Crippen LogP contribution is 2.28. The van der Waals surface area contributed by atoms with Crippen molar-refractivity contribution < 1.29 is 8.42 Å². The highest BCUT2D eigenvalue weighted by molar-refractivity contribution is 7.90. The smallest absolute Gasteiger partial charge is 0.279 e. The lowest BCUT2D eigenvalue weighted by Crippen LogP contribution is -2.22. The van der Waals surface area contributed by atoms with Crippen LogP contribution in [0.3, 0.4) is 0 Å². The van der Waals surface area contributed by atoms with Crippen molar-refractivity contribution in [3.05, 3.63) is 111 Å². The quantitative estimate of drug-likeness (QED) is 0.343. The van der Waals surface area contributed by atoms with E-state index in [0.29, 0.717) is 16.3 Å². The second kappa shape index (κ2) is 8.79. The van der Waals surface area contributed by atoms with Crippen LogP contribution in [0.2, 0.25) is 5.02 Å². The summed E-state index contributed by atoms with van der Waals surface area (Å²) in [5, 5.41) is 8.17. The van der Waals surface area contributed by atoms with Gasteiger partial charge in [0.15, 0.2) is 0 Å². The predicted molar refractivity (Wildman–Crippen MR) is 136 cm³/mol. The molecule has 0 spiro atoms. The zero-order chi connectivity index (χ0) is 24.7. The van der Waals surface area contributed by atoms with Crippen LogP contribution < -0.4 is 5.56 Å². The number of fused-ring (bicyclic) bond motifs is 1. The fourth-order valence-electron chi connectivity index (χ4n) is 4.09. The first-order valence-corrected chi connectivity index (χ1v) is 12.9. The van der Waals surface area contributed by atoms with Crippen molar-refractivity contribution in [2.24, 2.45) is 0 Å². The van der Waals surface area contributed by atoms with E-state index in [2.05, 4.69) is 10.2 Å². The summed E-state index contributed by atoms with van der Waals surface area (Å²) >= 11 is 6.01. The van der Waals surface area contributed by atoms with Crippen molar-refractivity contribution in [1.29, 1.82) is 0 Å². The van der Waals surface area contributed by atoms with E-state index in [0.717, 1.165) is 22.3 Å². The van der Waals surface area contributed by atoms with Crippen molar-refractivity contribution in [1.82, 2.24) is 19.2 Å². The van der Waals surface area contributed by atoms with Crippen LogP contribution in [0.5, 0.6) is 0 Å². The zero-order valence-corrected chi connectivity index (χ0v) is 20.6. The molecule has 0 aliphatic rings. The molecule has 0 unspecified atom stereocenters. The lowest BCUT2D eigenvalue weighted by Gasteiger charge is -2.12. The second-order valence-corrected chi connectivity index (χ2v) is 10.6. The molecule has 0 radical (unpaired) electrons. The molecule has 0 saturated heterocycles. The van der Waals surface area contributed by atoms with Crippen LogP contribution in [0.25, 0.3) is 22.5 Å². The Labute approximate surface area is 207 Å². The molecule has 2 aromatic heterocycles. The van der Waals surface area contributed by atoms with Crippen LogP contribution in [0.15, 0.2) is 89.1 Å². The average molecular weight is 505 g/mol. The first kappa shape index (κ1) is 23.0. The number of benzene rings is 3. The molecular weight excluding hydrogens is 484 g/mol. The lowest BCUT2D eigenvalue weighted by molar-refractivity contribution is 0.584. The number of halogens is 1. The molecule has 5 rings (SSSR count). The van der Waals surface area contributed by atoms with Gasteiger partial charge in [-0.25, -0.2) is 8.42 Å². The van der Waals surface area contributed by atoms with Crippen LogP contribution in [-0.4, -0.2) is 27.6 Å². The summed E-state index contributed by atoms with van der Waals surface area (Å²) in [7, 11) is -3.93. The van der Waals surface area contributed by atoms with E-state index >= 15 is 0 Å². The molecule has 0 fully saturated rings. The average Bonchev–Trinajstić information content (AvgIpc) is 3.29. The summed E-state index contributed by atoms with van der Waals surface area (Å²) in [5.41, 5.74) is 4.43. The van der Waals surface area contributed by atoms with Gasteiger partial charge in [0.25, 0.3) is 5.16 Å². The van der Waals surface area contributed by atoms with Gasteiger partial charge in [0.05, 0.1) is 11.4 Å². The van der Waals surface area contributed by atoms with Gasteiger partial charge in [-0.05, 0) is 59.9 Å². The number of nitrogens with zero attached hydrogens (tertiary/aromatic N) is 4. The monoisotopic (exact) mass is 504 g/mol. The van der Waals surface area contributed by atoms with E-state index in [9.17, 15) is 13.2 Å². The minimum atomic E-state index is -3.93. The molecule has 0 aliphatic carbocycles. The van der Waals surface area contributed by atoms with Gasteiger partial charge in [-0.3, -0.25) is 13.8 Å². The van der Waals surface area contributed by atoms with E-state index in [1.54, 1.807) is 30.5 Å². The first-order chi connectivity index (χ1) is 16.8. The Morgan fingerprint density at radius 1 is 0.886 bits per heavy atom. The molecule has 5 aromatic rings. The Morgan fingerprint density at radius 2 is 1.63 bits per heavy atom. The maximum atomic E-state index is 13.4. The zero-order valence-electron chi connectivity index (χ0n) is 19.0. The normalized spacial score (nSPS) is 11.7. The van der Waals surface area contributed by atoms with Crippen molar-refractivity contribution >= 4 is 27.1 Å². The summed E-state index contributed by atoms with van der Waals surface area (Å²) in [6.07, 6.45) is 3.05. The molecule has 0 aliphatic heterocycles. The Hall–Kier alpha value is -3.75. The van der Waals surface area contributed by atoms with Gasteiger partial charge in [-0.15, -0.1) is 10.2 Å². The lowest BCUT2D eigenvalue weighted by atomic mass is 10.0. The highest BCUT2D eigenvalue weighted by Gasteiger charge is 2.25. The Morgan fingerprint density at radius 3 is 2.40 bits per heavy atom. The molecule has 176 valence electrons. The fourth-order valence-corrected chi connectivity index (χ4v) is 5.62. The maximum Gasteiger partial charge on any atom is 0.300 e. The van der Waals surface area contributed by atoms with Crippen molar-refractivity contribution in [2.75, 3.05) is 0 Å². The number of aryl methyl sites for hydroxylation is 1. The summed E-state index contributed by atoms with van der Waals surface area (Å²) in [6, 6.07) is 20.1. The molecule has 0 N–H and O–H groups in total. The van der Waals surface area contributed by atoms with Gasteiger partial charge < -0.3 is 0 Å². The third-order valence-electron chi connectivity index (χ3n) is 6.07. The molecule has 7 nitrogen and oxygen atoms in total. The number of rotatable bonds is 5. The van der Waals surface area contributed by atoms with Gasteiger partial charge in [0.2, 0.25) is 15.5 Å². The molecule has 0 saturated carbocycles. The summed E-state index contributed by atoms with van der Waals surface area (Å²) < 4.78 is 29.5. The predicted octanol–water partition coefficient (Wildman–Crippen LogP) is 4.79. The van der Waals surface area contributed by atoms with Crippen LogP contribution in [-0.2, 0) is 15.6 Å². The molecule has 9 heteroatoms. The largest absolute Gasteiger partial charge is 0.300 e. The molecule has 0 amide bonds. The maximum absolute atomic E-state index is 13.4. The van der Waals surface area contributed by atoms with Crippen LogP contribution >= 0.6 is 11.6 Å². The van der Waals surface area contributed by atoms with Gasteiger partial charge in [0, 0.05) is 17.4 Å². The first-order valence-electron chi connectivity index (χ1n) is 10.9. The molecule has 2 heterocycles. The van der Waals surface area contributed by atoms with Crippen LogP contribution in [0, 0.1) is 13.8 Å². The Bertz CT molecular complexity index is 1740. The topological polar surface area (TPSA) is 86.3 Å². The molecule has 3 aromatic carbocycles. The standard InChI is InChI=1S/C26H21ClN4O3S/c1-17-6-5-9-23(18(17)2)30-14-15-31-24(25(30)32)28-29-26(31)35(33,34)16-20-7-3-4-8-22(20)19-10-12-21(27)13-11-19/h3-15H,16H2,1-2H3. The number of hydrogen-bond acceptors (Lipinski definition) is 5. The Kier molecular flexibility index (Phi) is 5.78. The van der Waals surface area contributed by atoms with Gasteiger partial charge in [0.1, 0.15) is 0 Å². The van der Waals surface area contributed by atoms with Gasteiger partial charge >= 0.3 is 5.56 Å². The minimum absolute atomic E-state index is 0.0574. The van der Waals surface area contributed by atoms with Gasteiger partial charge in [-0.1, -0.05) is 60.1 Å². The SMILES string of the molecule is Cc1cccc(-n2ccn3c(S(=O)(=O)Cc4ccccc4-c4ccc(Cl)cc4)nnc3c2=O)c1C. The van der Waals surface area contributed by atoms with Crippen molar-refractivity contribution in [2.45, 2.75) is 24.8 Å². The molecule has 0 bridgehead atoms. The summed E-state index contributed by atoms with van der Waals surface area (Å²) in [4.78, 5) is 13.2. The molecule has 0 atom stereocenters. The third-order valence-corrected chi connectivity index (χ3v) is 7.85. The van der Waals surface area contributed by atoms with E-state index in [-0.39, 0.29) is 16.6 Å². The summed E-state index contributed by atoms with van der Waals surface area (Å²) in [5.74, 6) is -0.299. The van der Waals surface area contributed by atoms with E-state index < -0.39 is 15.4 Å². The minimum Gasteiger partial charge on any atom is -0.279 e. The summed E-state index contributed by atoms with van der Waals surface area (Å²) in [6.45, 7) is 3.89. The highest BCUT2D eigenvalue weighted by atomic mass is 35.5. The molecule has 35 heavy (non-hydrogen) atoms. The Balaban J connectivity index is 1.57.